The molecule has 2 aromatic carbocycles. The molecule has 1 aliphatic heterocycles. The Morgan fingerprint density at radius 1 is 1.06 bits per heavy atom. The lowest BCUT2D eigenvalue weighted by Crippen LogP contribution is -2.03. The van der Waals surface area contributed by atoms with E-state index >= 15 is 0 Å². The minimum Gasteiger partial charge on any atom is -0.324 e. The van der Waals surface area contributed by atoms with E-state index in [1.807, 2.05) is 31.6 Å². The van der Waals surface area contributed by atoms with E-state index < -0.39 is 0 Å². The van der Waals surface area contributed by atoms with Gasteiger partial charge in [-0.15, -0.1) is 0 Å². The summed E-state index contributed by atoms with van der Waals surface area (Å²) in [5.41, 5.74) is 4.71. The van der Waals surface area contributed by atoms with E-state index in [0.29, 0.717) is 11.5 Å². The van der Waals surface area contributed by atoms with Crippen LogP contribution in [-0.4, -0.2) is 32.8 Å². The lowest BCUT2D eigenvalue weighted by atomic mass is 10.1. The molecule has 7 heteroatoms. The summed E-state index contributed by atoms with van der Waals surface area (Å²) in [5.74, 6) is 0.546. The number of nitrogens with one attached hydrogen (secondary N) is 1. The summed E-state index contributed by atoms with van der Waals surface area (Å²) < 4.78 is 2.10. The van der Waals surface area contributed by atoms with Crippen LogP contribution in [0.5, 0.6) is 0 Å². The van der Waals surface area contributed by atoms with Crippen molar-refractivity contribution in [3.8, 4) is 6.07 Å². The highest BCUT2D eigenvalue weighted by molar-refractivity contribution is 7.99. The molecule has 0 unspecified atom stereocenters. The Morgan fingerprint density at radius 3 is 2.71 bits per heavy atom. The number of aromatic nitrogens is 3. The third kappa shape index (κ3) is 3.62. The number of anilines is 2. The van der Waals surface area contributed by atoms with Gasteiger partial charge in [-0.25, -0.2) is 9.56 Å². The van der Waals surface area contributed by atoms with Gasteiger partial charge in [0, 0.05) is 28.4 Å². The lowest BCUT2D eigenvalue weighted by Gasteiger charge is -2.11. The number of hydrogen-bond donors (Lipinski definition) is 1. The highest BCUT2D eigenvalue weighted by Crippen LogP contribution is 2.40. The Bertz CT molecular complexity index is 1390. The van der Waals surface area contributed by atoms with E-state index in [1.54, 1.807) is 23.9 Å². The summed E-state index contributed by atoms with van der Waals surface area (Å²) in [6.45, 7) is 2.11. The van der Waals surface area contributed by atoms with Gasteiger partial charge in [-0.05, 0) is 54.3 Å². The van der Waals surface area contributed by atoms with E-state index in [0.717, 1.165) is 38.8 Å². The van der Waals surface area contributed by atoms with Crippen LogP contribution < -0.4 is 5.32 Å². The van der Waals surface area contributed by atoms with E-state index in [1.165, 1.54) is 10.9 Å². The van der Waals surface area contributed by atoms with Crippen LogP contribution in [0, 0.1) is 18.3 Å². The molecule has 3 heterocycles. The topological polar surface area (TPSA) is 77.5 Å². The zero-order valence-corrected chi connectivity index (χ0v) is 17.9. The fourth-order valence-corrected chi connectivity index (χ4v) is 4.79. The Hall–Kier alpha value is -3.76. The maximum Gasteiger partial charge on any atom is 0.260 e. The predicted molar refractivity (Wildman–Crippen MR) is 123 cm³/mol. The predicted octanol–water partition coefficient (Wildman–Crippen LogP) is 5.00. The van der Waals surface area contributed by atoms with Crippen LogP contribution in [0.25, 0.3) is 10.8 Å². The minimum atomic E-state index is 0.546. The molecule has 0 radical (unpaired) electrons. The molecule has 5 rings (SSSR count). The number of hydrogen-bond acceptors (Lipinski definition) is 6. The minimum absolute atomic E-state index is 0.546. The van der Waals surface area contributed by atoms with Gasteiger partial charge in [0.05, 0.1) is 18.1 Å². The molecule has 0 fully saturated rings. The average Bonchev–Trinajstić information content (AvgIpc) is 3.17. The Kier molecular flexibility index (Phi) is 4.85. The van der Waals surface area contributed by atoms with Crippen molar-refractivity contribution in [3.05, 3.63) is 71.7 Å². The maximum atomic E-state index is 9.01. The first-order valence-corrected chi connectivity index (χ1v) is 10.7. The summed E-state index contributed by atoms with van der Waals surface area (Å²) in [7, 11) is 2.03. The van der Waals surface area contributed by atoms with Gasteiger partial charge < -0.3 is 5.32 Å². The Balaban J connectivity index is 1.56. The first-order chi connectivity index (χ1) is 15.1. The molecule has 0 spiro atoms. The van der Waals surface area contributed by atoms with Crippen LogP contribution in [-0.2, 0) is 6.42 Å². The second-order valence-corrected chi connectivity index (χ2v) is 8.39. The SMILES string of the molecule is Cc1ccc(Sc2nc(Nc3ccc(C#N)cc3)nc3c2[N+](C)=CC3)c2cnccc12. The van der Waals surface area contributed by atoms with E-state index in [9.17, 15) is 0 Å². The van der Waals surface area contributed by atoms with Gasteiger partial charge in [-0.3, -0.25) is 4.98 Å². The van der Waals surface area contributed by atoms with E-state index in [-0.39, 0.29) is 0 Å². The number of nitrogens with zero attached hydrogens (tertiary/aromatic N) is 5. The average molecular weight is 424 g/mol. The van der Waals surface area contributed by atoms with Gasteiger partial charge in [-0.1, -0.05) is 17.8 Å². The van der Waals surface area contributed by atoms with Crippen LogP contribution in [0.3, 0.4) is 0 Å². The molecular weight excluding hydrogens is 404 g/mol. The number of pyridine rings is 1. The van der Waals surface area contributed by atoms with E-state index in [2.05, 4.69) is 52.3 Å². The van der Waals surface area contributed by atoms with Crippen molar-refractivity contribution in [1.82, 2.24) is 15.0 Å². The number of aryl methyl sites for hydroxylation is 1. The van der Waals surface area contributed by atoms with Gasteiger partial charge in [0.2, 0.25) is 5.95 Å². The molecule has 1 N–H and O–H groups in total. The molecular formula is C24H19N6S+. The second kappa shape index (κ2) is 7.82. The third-order valence-corrected chi connectivity index (χ3v) is 6.36. The zero-order chi connectivity index (χ0) is 21.4. The van der Waals surface area contributed by atoms with Gasteiger partial charge in [-0.2, -0.15) is 10.2 Å². The summed E-state index contributed by atoms with van der Waals surface area (Å²) in [5, 5.41) is 15.5. The van der Waals surface area contributed by atoms with Crippen LogP contribution in [0.2, 0.25) is 0 Å². The highest BCUT2D eigenvalue weighted by Gasteiger charge is 2.28. The number of benzene rings is 2. The highest BCUT2D eigenvalue weighted by atomic mass is 32.2. The molecule has 31 heavy (non-hydrogen) atoms. The number of rotatable bonds is 4. The summed E-state index contributed by atoms with van der Waals surface area (Å²) >= 11 is 1.63. The molecule has 0 atom stereocenters. The monoisotopic (exact) mass is 423 g/mol. The lowest BCUT2D eigenvalue weighted by molar-refractivity contribution is -0.399. The number of fused-ring (bicyclic) bond motifs is 2. The van der Waals surface area contributed by atoms with Crippen LogP contribution in [0.15, 0.2) is 64.8 Å². The molecule has 4 aromatic rings. The first kappa shape index (κ1) is 19.2. The molecule has 150 valence electrons. The van der Waals surface area contributed by atoms with E-state index in [4.69, 9.17) is 15.2 Å². The van der Waals surface area contributed by atoms with Crippen molar-refractivity contribution < 1.29 is 4.58 Å². The van der Waals surface area contributed by atoms with Crippen LogP contribution in [0.4, 0.5) is 17.3 Å². The quantitative estimate of drug-likeness (QED) is 0.368. The molecule has 0 saturated carbocycles. The summed E-state index contributed by atoms with van der Waals surface area (Å²) in [6.07, 6.45) is 6.62. The molecule has 0 saturated heterocycles. The molecule has 1 aliphatic rings. The molecule has 0 amide bonds. The Labute approximate surface area is 184 Å². The van der Waals surface area contributed by atoms with Gasteiger partial charge in [0.25, 0.3) is 5.69 Å². The van der Waals surface area contributed by atoms with Crippen molar-refractivity contribution in [3.63, 3.8) is 0 Å². The molecule has 2 aromatic heterocycles. The number of nitriles is 1. The normalized spacial score (nSPS) is 12.4. The Morgan fingerprint density at radius 2 is 1.90 bits per heavy atom. The van der Waals surface area contributed by atoms with Gasteiger partial charge in [0.15, 0.2) is 11.2 Å². The molecule has 6 nitrogen and oxygen atoms in total. The second-order valence-electron chi connectivity index (χ2n) is 7.36. The first-order valence-electron chi connectivity index (χ1n) is 9.88. The van der Waals surface area contributed by atoms with Crippen molar-refractivity contribution in [2.24, 2.45) is 0 Å². The van der Waals surface area contributed by atoms with Crippen molar-refractivity contribution in [1.29, 1.82) is 5.26 Å². The largest absolute Gasteiger partial charge is 0.324 e. The summed E-state index contributed by atoms with van der Waals surface area (Å²) in [4.78, 5) is 15.0. The van der Waals surface area contributed by atoms with Crippen molar-refractivity contribution >= 4 is 46.1 Å². The fraction of sp³-hybridized carbons (Fsp3) is 0.125. The zero-order valence-electron chi connectivity index (χ0n) is 17.1. The van der Waals surface area contributed by atoms with Crippen molar-refractivity contribution in [2.45, 2.75) is 23.3 Å². The molecule has 0 bridgehead atoms. The maximum absolute atomic E-state index is 9.01. The van der Waals surface area contributed by atoms with Crippen molar-refractivity contribution in [2.75, 3.05) is 12.4 Å². The van der Waals surface area contributed by atoms with Crippen LogP contribution in [0.1, 0.15) is 16.8 Å². The van der Waals surface area contributed by atoms with Gasteiger partial charge >= 0.3 is 0 Å². The standard InChI is InChI=1S/C24H19N6S/c1-15-3-8-21(19-14-26-11-9-18(15)19)31-23-22-20(10-12-30(22)2)28-24(29-23)27-17-6-4-16(13-25)5-7-17/h3-9,11-12,14H,10H2,1-2H3,(H,27,28,29)/q+1. The summed E-state index contributed by atoms with van der Waals surface area (Å²) in [6, 6.07) is 15.7. The smallest absolute Gasteiger partial charge is 0.260 e. The fourth-order valence-electron chi connectivity index (χ4n) is 3.68. The van der Waals surface area contributed by atoms with Gasteiger partial charge in [0.1, 0.15) is 12.7 Å². The molecule has 0 aliphatic carbocycles. The third-order valence-electron chi connectivity index (χ3n) is 5.31. The van der Waals surface area contributed by atoms with Crippen LogP contribution >= 0.6 is 11.8 Å².